The molecule has 0 aromatic heterocycles. The zero-order chi connectivity index (χ0) is 16.2. The molecule has 0 atom stereocenters. The average Bonchev–Trinajstić information content (AvgIpc) is 2.62. The van der Waals surface area contributed by atoms with Crippen molar-refractivity contribution in [3.63, 3.8) is 0 Å². The van der Waals surface area contributed by atoms with Crippen molar-refractivity contribution in [3.8, 4) is 0 Å². The lowest BCUT2D eigenvalue weighted by Gasteiger charge is -2.41. The SMILES string of the molecule is COC1CCN(C2CCN(C(=O)c3ccc(F)cc3)CC2)CC1. The van der Waals surface area contributed by atoms with Crippen LogP contribution in [0.5, 0.6) is 0 Å². The fraction of sp³-hybridized carbons (Fsp3) is 0.611. The quantitative estimate of drug-likeness (QED) is 0.858. The summed E-state index contributed by atoms with van der Waals surface area (Å²) in [5.74, 6) is -0.290. The molecule has 1 aromatic carbocycles. The highest BCUT2D eigenvalue weighted by Gasteiger charge is 2.29. The Morgan fingerprint density at radius 3 is 2.22 bits per heavy atom. The van der Waals surface area contributed by atoms with Crippen molar-refractivity contribution >= 4 is 5.91 Å². The van der Waals surface area contributed by atoms with Gasteiger partial charge in [-0.25, -0.2) is 4.39 Å². The predicted molar refractivity (Wildman–Crippen MR) is 86.9 cm³/mol. The topological polar surface area (TPSA) is 32.8 Å². The minimum atomic E-state index is -0.306. The first kappa shape index (κ1) is 16.4. The number of likely N-dealkylation sites (tertiary alicyclic amines) is 2. The second kappa shape index (κ2) is 7.41. The van der Waals surface area contributed by atoms with Crippen molar-refractivity contribution in [2.24, 2.45) is 0 Å². The van der Waals surface area contributed by atoms with Gasteiger partial charge in [-0.2, -0.15) is 0 Å². The maximum Gasteiger partial charge on any atom is 0.253 e. The Morgan fingerprint density at radius 2 is 1.65 bits per heavy atom. The van der Waals surface area contributed by atoms with Crippen LogP contribution in [0.15, 0.2) is 24.3 Å². The number of halogens is 1. The summed E-state index contributed by atoms with van der Waals surface area (Å²) in [5.41, 5.74) is 0.575. The second-order valence-electron chi connectivity index (χ2n) is 6.50. The first-order valence-electron chi connectivity index (χ1n) is 8.49. The second-order valence-corrected chi connectivity index (χ2v) is 6.50. The van der Waals surface area contributed by atoms with Crippen LogP contribution in [-0.4, -0.2) is 61.1 Å². The van der Waals surface area contributed by atoms with E-state index < -0.39 is 0 Å². The molecule has 0 bridgehead atoms. The molecule has 0 N–H and O–H groups in total. The molecule has 2 fully saturated rings. The summed E-state index contributed by atoms with van der Waals surface area (Å²) in [5, 5.41) is 0. The zero-order valence-electron chi connectivity index (χ0n) is 13.7. The monoisotopic (exact) mass is 320 g/mol. The highest BCUT2D eigenvalue weighted by Crippen LogP contribution is 2.23. The number of hydrogen-bond donors (Lipinski definition) is 0. The lowest BCUT2D eigenvalue weighted by Crippen LogP contribution is -2.49. The first-order chi connectivity index (χ1) is 11.2. The molecule has 3 rings (SSSR count). The van der Waals surface area contributed by atoms with Gasteiger partial charge in [0.25, 0.3) is 5.91 Å². The van der Waals surface area contributed by atoms with Gasteiger partial charge in [0.15, 0.2) is 0 Å². The number of carbonyl (C=O) groups is 1. The summed E-state index contributed by atoms with van der Waals surface area (Å²) < 4.78 is 18.4. The lowest BCUT2D eigenvalue weighted by atomic mass is 9.98. The van der Waals surface area contributed by atoms with Crippen LogP contribution >= 0.6 is 0 Å². The number of ether oxygens (including phenoxy) is 1. The van der Waals surface area contributed by atoms with Gasteiger partial charge in [0, 0.05) is 44.9 Å². The summed E-state index contributed by atoms with van der Waals surface area (Å²) in [6, 6.07) is 6.41. The molecule has 23 heavy (non-hydrogen) atoms. The van der Waals surface area contributed by atoms with E-state index in [-0.39, 0.29) is 11.7 Å². The highest BCUT2D eigenvalue weighted by molar-refractivity contribution is 5.94. The van der Waals surface area contributed by atoms with E-state index in [0.717, 1.165) is 51.9 Å². The Hall–Kier alpha value is -1.46. The molecule has 1 amide bonds. The van der Waals surface area contributed by atoms with Crippen LogP contribution in [0.4, 0.5) is 4.39 Å². The molecule has 4 nitrogen and oxygen atoms in total. The number of piperidine rings is 2. The van der Waals surface area contributed by atoms with Crippen molar-refractivity contribution in [2.75, 3.05) is 33.3 Å². The summed E-state index contributed by atoms with van der Waals surface area (Å²) in [4.78, 5) is 16.9. The average molecular weight is 320 g/mol. The summed E-state index contributed by atoms with van der Waals surface area (Å²) in [7, 11) is 1.79. The Morgan fingerprint density at radius 1 is 1.04 bits per heavy atom. The molecule has 126 valence electrons. The predicted octanol–water partition coefficient (Wildman–Crippen LogP) is 2.54. The first-order valence-corrected chi connectivity index (χ1v) is 8.49. The highest BCUT2D eigenvalue weighted by atomic mass is 19.1. The summed E-state index contributed by atoms with van der Waals surface area (Å²) >= 11 is 0. The van der Waals surface area contributed by atoms with Gasteiger partial charge in [0.2, 0.25) is 0 Å². The van der Waals surface area contributed by atoms with E-state index >= 15 is 0 Å². The third-order valence-corrected chi connectivity index (χ3v) is 5.17. The van der Waals surface area contributed by atoms with Gasteiger partial charge in [-0.15, -0.1) is 0 Å². The number of rotatable bonds is 3. The normalized spacial score (nSPS) is 21.6. The molecule has 5 heteroatoms. The van der Waals surface area contributed by atoms with Crippen molar-refractivity contribution in [1.29, 1.82) is 0 Å². The number of carbonyl (C=O) groups excluding carboxylic acids is 1. The van der Waals surface area contributed by atoms with E-state index in [1.54, 1.807) is 19.2 Å². The Kier molecular flexibility index (Phi) is 5.28. The van der Waals surface area contributed by atoms with E-state index in [4.69, 9.17) is 4.74 Å². The van der Waals surface area contributed by atoms with Crippen molar-refractivity contribution < 1.29 is 13.9 Å². The smallest absolute Gasteiger partial charge is 0.253 e. The van der Waals surface area contributed by atoms with Gasteiger partial charge in [0.1, 0.15) is 5.82 Å². The van der Waals surface area contributed by atoms with Gasteiger partial charge >= 0.3 is 0 Å². The van der Waals surface area contributed by atoms with Crippen molar-refractivity contribution in [1.82, 2.24) is 9.80 Å². The van der Waals surface area contributed by atoms with Crippen LogP contribution in [-0.2, 0) is 4.74 Å². The molecule has 0 unspecified atom stereocenters. The number of amides is 1. The molecule has 0 aliphatic carbocycles. The van der Waals surface area contributed by atoms with Gasteiger partial charge in [0.05, 0.1) is 6.10 Å². The molecule has 1 aromatic rings. The van der Waals surface area contributed by atoms with E-state index in [1.165, 1.54) is 12.1 Å². The van der Waals surface area contributed by atoms with Gasteiger partial charge in [-0.05, 0) is 49.9 Å². The Bertz CT molecular complexity index is 518. The van der Waals surface area contributed by atoms with Crippen LogP contribution in [0, 0.1) is 5.82 Å². The third-order valence-electron chi connectivity index (χ3n) is 5.17. The molecule has 2 saturated heterocycles. The van der Waals surface area contributed by atoms with E-state index in [1.807, 2.05) is 4.90 Å². The minimum Gasteiger partial charge on any atom is -0.381 e. The zero-order valence-corrected chi connectivity index (χ0v) is 13.7. The number of nitrogens with zero attached hydrogens (tertiary/aromatic N) is 2. The van der Waals surface area contributed by atoms with E-state index in [2.05, 4.69) is 4.90 Å². The van der Waals surface area contributed by atoms with Crippen molar-refractivity contribution in [2.45, 2.75) is 37.8 Å². The minimum absolute atomic E-state index is 0.0153. The van der Waals surface area contributed by atoms with Crippen LogP contribution < -0.4 is 0 Å². The number of hydrogen-bond acceptors (Lipinski definition) is 3. The number of benzene rings is 1. The molecule has 2 heterocycles. The molecule has 0 spiro atoms. The Labute approximate surface area is 137 Å². The van der Waals surface area contributed by atoms with Crippen LogP contribution in [0.25, 0.3) is 0 Å². The Balaban J connectivity index is 1.50. The van der Waals surface area contributed by atoms with Crippen LogP contribution in [0.3, 0.4) is 0 Å². The fourth-order valence-electron chi connectivity index (χ4n) is 3.69. The van der Waals surface area contributed by atoms with E-state index in [0.29, 0.717) is 17.7 Å². The molecule has 2 aliphatic heterocycles. The maximum atomic E-state index is 13.0. The van der Waals surface area contributed by atoms with Gasteiger partial charge < -0.3 is 14.5 Å². The lowest BCUT2D eigenvalue weighted by molar-refractivity contribution is 0.0145. The van der Waals surface area contributed by atoms with Crippen LogP contribution in [0.2, 0.25) is 0 Å². The van der Waals surface area contributed by atoms with Gasteiger partial charge in [-0.1, -0.05) is 0 Å². The standard InChI is InChI=1S/C18H25FN2O2/c1-23-17-8-12-20(13-9-17)16-6-10-21(11-7-16)18(22)14-2-4-15(19)5-3-14/h2-5,16-17H,6-13H2,1H3. The number of methoxy groups -OCH3 is 1. The largest absolute Gasteiger partial charge is 0.381 e. The molecule has 0 radical (unpaired) electrons. The summed E-state index contributed by atoms with van der Waals surface area (Å²) in [6.45, 7) is 3.75. The molecule has 0 saturated carbocycles. The van der Waals surface area contributed by atoms with Crippen molar-refractivity contribution in [3.05, 3.63) is 35.6 Å². The maximum absolute atomic E-state index is 13.0. The fourth-order valence-corrected chi connectivity index (χ4v) is 3.69. The molecular weight excluding hydrogens is 295 g/mol. The van der Waals surface area contributed by atoms with Crippen LogP contribution in [0.1, 0.15) is 36.0 Å². The van der Waals surface area contributed by atoms with E-state index in [9.17, 15) is 9.18 Å². The van der Waals surface area contributed by atoms with Gasteiger partial charge in [-0.3, -0.25) is 4.79 Å². The third kappa shape index (κ3) is 3.90. The molecular formula is C18H25FN2O2. The summed E-state index contributed by atoms with van der Waals surface area (Å²) in [6.07, 6.45) is 4.65. The molecule has 2 aliphatic rings.